The van der Waals surface area contributed by atoms with Gasteiger partial charge in [-0.15, -0.1) is 0 Å². The molecular weight excluding hydrogens is 454 g/mol. The number of carbonyl (C=O) groups is 3. The van der Waals surface area contributed by atoms with Crippen molar-refractivity contribution in [2.45, 2.75) is 82.6 Å². The molecule has 0 spiro atoms. The fourth-order valence-corrected chi connectivity index (χ4v) is 5.43. The molecule has 1 atom stereocenters. The smallest absolute Gasteiger partial charge is 0.274 e. The van der Waals surface area contributed by atoms with Crippen LogP contribution >= 0.6 is 11.6 Å². The Bertz CT molecular complexity index is 1120. The van der Waals surface area contributed by atoms with Gasteiger partial charge in [0.05, 0.1) is 12.9 Å². The summed E-state index contributed by atoms with van der Waals surface area (Å²) in [5.41, 5.74) is 0.146. The third-order valence-corrected chi connectivity index (χ3v) is 7.59. The SMILES string of the molecule is CC1(C(=O)NCc2ccccc2Cl)Cn2cnc(C(=O)NC3CCCCC3)c2C(=O)N1C1CC1. The van der Waals surface area contributed by atoms with Gasteiger partial charge in [-0.3, -0.25) is 14.4 Å². The van der Waals surface area contributed by atoms with Crippen LogP contribution in [-0.2, 0) is 17.9 Å². The van der Waals surface area contributed by atoms with Crippen LogP contribution < -0.4 is 10.6 Å². The Morgan fingerprint density at radius 3 is 2.59 bits per heavy atom. The lowest BCUT2D eigenvalue weighted by molar-refractivity contribution is -0.133. The van der Waals surface area contributed by atoms with Gasteiger partial charge in [0.2, 0.25) is 5.91 Å². The van der Waals surface area contributed by atoms with Gasteiger partial charge < -0.3 is 20.1 Å². The molecule has 8 nitrogen and oxygen atoms in total. The number of fused-ring (bicyclic) bond motifs is 1. The molecule has 2 aliphatic carbocycles. The number of aromatic nitrogens is 2. The predicted molar refractivity (Wildman–Crippen MR) is 127 cm³/mol. The topological polar surface area (TPSA) is 96.3 Å². The predicted octanol–water partition coefficient (Wildman–Crippen LogP) is 3.29. The zero-order valence-electron chi connectivity index (χ0n) is 19.3. The second-order valence-corrected chi connectivity index (χ2v) is 10.2. The lowest BCUT2D eigenvalue weighted by Crippen LogP contribution is -2.64. The van der Waals surface area contributed by atoms with Gasteiger partial charge in [0.15, 0.2) is 5.69 Å². The molecule has 0 saturated heterocycles. The fourth-order valence-electron chi connectivity index (χ4n) is 5.23. The minimum Gasteiger partial charge on any atom is -0.350 e. The molecule has 9 heteroatoms. The van der Waals surface area contributed by atoms with E-state index in [1.165, 1.54) is 12.7 Å². The van der Waals surface area contributed by atoms with E-state index in [2.05, 4.69) is 15.6 Å². The molecule has 1 aromatic heterocycles. The van der Waals surface area contributed by atoms with E-state index in [0.717, 1.165) is 44.1 Å². The molecule has 2 fully saturated rings. The Morgan fingerprint density at radius 2 is 1.88 bits per heavy atom. The quantitative estimate of drug-likeness (QED) is 0.659. The summed E-state index contributed by atoms with van der Waals surface area (Å²) in [6.45, 7) is 2.30. The van der Waals surface area contributed by atoms with E-state index < -0.39 is 5.54 Å². The summed E-state index contributed by atoms with van der Waals surface area (Å²) >= 11 is 6.24. The van der Waals surface area contributed by atoms with E-state index in [0.29, 0.717) is 5.02 Å². The maximum absolute atomic E-state index is 13.7. The lowest BCUT2D eigenvalue weighted by Gasteiger charge is -2.44. The van der Waals surface area contributed by atoms with Crippen molar-refractivity contribution in [3.63, 3.8) is 0 Å². The number of nitrogens with one attached hydrogen (secondary N) is 2. The highest BCUT2D eigenvalue weighted by molar-refractivity contribution is 6.31. The fraction of sp³-hybridized carbons (Fsp3) is 0.520. The van der Waals surface area contributed by atoms with E-state index in [1.54, 1.807) is 22.5 Å². The van der Waals surface area contributed by atoms with Gasteiger partial charge in [0, 0.05) is 23.7 Å². The van der Waals surface area contributed by atoms with Crippen LogP contribution in [0.2, 0.25) is 5.02 Å². The number of hydrogen-bond donors (Lipinski definition) is 2. The van der Waals surface area contributed by atoms with Gasteiger partial charge >= 0.3 is 0 Å². The van der Waals surface area contributed by atoms with Gasteiger partial charge in [-0.05, 0) is 44.2 Å². The van der Waals surface area contributed by atoms with Crippen molar-refractivity contribution in [1.82, 2.24) is 25.1 Å². The van der Waals surface area contributed by atoms with Gasteiger partial charge in [0.25, 0.3) is 11.8 Å². The van der Waals surface area contributed by atoms with Crippen LogP contribution in [0, 0.1) is 0 Å². The Balaban J connectivity index is 1.38. The van der Waals surface area contributed by atoms with Crippen molar-refractivity contribution in [3.05, 3.63) is 52.6 Å². The number of benzene rings is 1. The lowest BCUT2D eigenvalue weighted by atomic mass is 9.93. The third-order valence-electron chi connectivity index (χ3n) is 7.22. The molecule has 180 valence electrons. The summed E-state index contributed by atoms with van der Waals surface area (Å²) in [7, 11) is 0. The second kappa shape index (κ2) is 9.06. The van der Waals surface area contributed by atoms with Gasteiger partial charge in [-0.2, -0.15) is 0 Å². The van der Waals surface area contributed by atoms with Crippen LogP contribution in [0.1, 0.15) is 78.4 Å². The average Bonchev–Trinajstić information content (AvgIpc) is 3.56. The molecular formula is C25H30ClN5O3. The Hall–Kier alpha value is -2.87. The van der Waals surface area contributed by atoms with Gasteiger partial charge in [-0.25, -0.2) is 4.98 Å². The largest absolute Gasteiger partial charge is 0.350 e. The first-order chi connectivity index (χ1) is 16.4. The van der Waals surface area contributed by atoms with Crippen LogP contribution in [0.15, 0.2) is 30.6 Å². The van der Waals surface area contributed by atoms with E-state index >= 15 is 0 Å². The molecule has 3 amide bonds. The van der Waals surface area contributed by atoms with Crippen LogP contribution in [0.25, 0.3) is 0 Å². The molecule has 2 saturated carbocycles. The minimum atomic E-state index is -1.09. The van der Waals surface area contributed by atoms with Crippen LogP contribution in [-0.4, -0.2) is 49.8 Å². The average molecular weight is 484 g/mol. The first kappa shape index (κ1) is 22.9. The van der Waals surface area contributed by atoms with Crippen LogP contribution in [0.4, 0.5) is 0 Å². The van der Waals surface area contributed by atoms with E-state index in [9.17, 15) is 14.4 Å². The summed E-state index contributed by atoms with van der Waals surface area (Å²) in [5.74, 6) is -0.868. The van der Waals surface area contributed by atoms with Crippen molar-refractivity contribution >= 4 is 29.3 Å². The Labute approximate surface area is 204 Å². The monoisotopic (exact) mass is 483 g/mol. The normalized spacial score (nSPS) is 22.9. The molecule has 2 heterocycles. The number of imidazole rings is 1. The Morgan fingerprint density at radius 1 is 1.15 bits per heavy atom. The summed E-state index contributed by atoms with van der Waals surface area (Å²) < 4.78 is 1.66. The van der Waals surface area contributed by atoms with Crippen molar-refractivity contribution in [2.75, 3.05) is 0 Å². The maximum Gasteiger partial charge on any atom is 0.274 e. The minimum absolute atomic E-state index is 0.0125. The number of rotatable bonds is 6. The number of carbonyl (C=O) groups excluding carboxylic acids is 3. The highest BCUT2D eigenvalue weighted by Gasteiger charge is 2.53. The van der Waals surface area contributed by atoms with E-state index in [-0.39, 0.29) is 54.3 Å². The molecule has 0 bridgehead atoms. The maximum atomic E-state index is 13.7. The second-order valence-electron chi connectivity index (χ2n) is 9.83. The van der Waals surface area contributed by atoms with Crippen LogP contribution in [0.3, 0.4) is 0 Å². The molecule has 1 unspecified atom stereocenters. The van der Waals surface area contributed by atoms with Crippen molar-refractivity contribution in [2.24, 2.45) is 0 Å². The van der Waals surface area contributed by atoms with Crippen LogP contribution in [0.5, 0.6) is 0 Å². The molecule has 1 aromatic carbocycles. The standard InChI is InChI=1S/C25H30ClN5O3/c1-25(24(34)27-13-16-7-5-6-10-19(16)26)14-30-15-28-20(21(30)23(33)31(25)18-11-12-18)22(32)29-17-8-3-2-4-9-17/h5-7,10,15,17-18H,2-4,8-9,11-14H2,1H3,(H,27,34)(H,29,32). The van der Waals surface area contributed by atoms with Gasteiger partial charge in [0.1, 0.15) is 11.2 Å². The zero-order chi connectivity index (χ0) is 23.9. The molecule has 3 aliphatic rings. The molecule has 34 heavy (non-hydrogen) atoms. The number of halogens is 1. The number of hydrogen-bond acceptors (Lipinski definition) is 4. The number of amides is 3. The summed E-state index contributed by atoms with van der Waals surface area (Å²) in [6.07, 6.45) is 8.49. The molecule has 2 N–H and O–H groups in total. The molecule has 2 aromatic rings. The Kier molecular flexibility index (Phi) is 6.10. The van der Waals surface area contributed by atoms with E-state index in [4.69, 9.17) is 11.6 Å². The number of nitrogens with zero attached hydrogens (tertiary/aromatic N) is 3. The van der Waals surface area contributed by atoms with Crippen molar-refractivity contribution < 1.29 is 14.4 Å². The first-order valence-corrected chi connectivity index (χ1v) is 12.5. The highest BCUT2D eigenvalue weighted by atomic mass is 35.5. The summed E-state index contributed by atoms with van der Waals surface area (Å²) in [6, 6.07) is 7.46. The molecule has 0 radical (unpaired) electrons. The highest BCUT2D eigenvalue weighted by Crippen LogP contribution is 2.39. The molecule has 1 aliphatic heterocycles. The summed E-state index contributed by atoms with van der Waals surface area (Å²) in [4.78, 5) is 46.2. The zero-order valence-corrected chi connectivity index (χ0v) is 20.1. The van der Waals surface area contributed by atoms with Crippen molar-refractivity contribution in [1.29, 1.82) is 0 Å². The third kappa shape index (κ3) is 4.19. The molecule has 5 rings (SSSR count). The van der Waals surface area contributed by atoms with Gasteiger partial charge in [-0.1, -0.05) is 49.1 Å². The summed E-state index contributed by atoms with van der Waals surface area (Å²) in [5, 5.41) is 6.61. The van der Waals surface area contributed by atoms with Crippen molar-refractivity contribution in [3.8, 4) is 0 Å². The van der Waals surface area contributed by atoms with E-state index in [1.807, 2.05) is 18.2 Å². The first-order valence-electron chi connectivity index (χ1n) is 12.1.